The van der Waals surface area contributed by atoms with Gasteiger partial charge < -0.3 is 24.8 Å². The van der Waals surface area contributed by atoms with Crippen LogP contribution in [0.3, 0.4) is 0 Å². The van der Waals surface area contributed by atoms with Crippen molar-refractivity contribution in [1.82, 2.24) is 0 Å². The molecule has 4 aromatic carbocycles. The average Bonchev–Trinajstić information content (AvgIpc) is 3.34. The molecule has 0 aliphatic rings. The summed E-state index contributed by atoms with van der Waals surface area (Å²) in [5, 5.41) is 5.57. The van der Waals surface area contributed by atoms with Crippen molar-refractivity contribution in [1.29, 1.82) is 0 Å². The van der Waals surface area contributed by atoms with Crippen LogP contribution in [0, 0.1) is 27.7 Å². The van der Waals surface area contributed by atoms with Gasteiger partial charge in [0, 0.05) is 9.52 Å². The van der Waals surface area contributed by atoms with Gasteiger partial charge in [-0.3, -0.25) is 0 Å². The number of fused-ring (bicyclic) bond motifs is 2. The van der Waals surface area contributed by atoms with Crippen molar-refractivity contribution in [3.8, 4) is 0 Å². The third kappa shape index (κ3) is 8.46. The Balaban J connectivity index is 0. The van der Waals surface area contributed by atoms with Crippen molar-refractivity contribution in [3.63, 3.8) is 0 Å². The Kier molecular flexibility index (Phi) is 16.9. The summed E-state index contributed by atoms with van der Waals surface area (Å²) in [6.07, 6.45) is 0. The summed E-state index contributed by atoms with van der Waals surface area (Å²) in [5.41, 5.74) is 5.48. The molecule has 0 spiro atoms. The van der Waals surface area contributed by atoms with Crippen LogP contribution in [-0.4, -0.2) is 9.52 Å². The van der Waals surface area contributed by atoms with Crippen LogP contribution in [0.1, 0.15) is 36.1 Å². The van der Waals surface area contributed by atoms with Crippen LogP contribution in [0.4, 0.5) is 0 Å². The van der Waals surface area contributed by atoms with Gasteiger partial charge in [-0.05, 0) is 13.8 Å². The minimum atomic E-state index is 0. The average molecular weight is 535 g/mol. The van der Waals surface area contributed by atoms with E-state index in [9.17, 15) is 0 Å². The standard InChI is InChI=1S/2C11H11.C4H10Si.2ClH.Zr/c2*1-8-6-7-9(2)11-5-3-4-10(8)11;1-3-5-4-2;;;/h2*3-7H,1-2H3;3-4H2,1-2H3;2*1H;/q2*-1;;;;+4/p-2. The summed E-state index contributed by atoms with van der Waals surface area (Å²) in [7, 11) is 1.20. The van der Waals surface area contributed by atoms with Gasteiger partial charge in [0.15, 0.2) is 0 Å². The molecule has 4 heteroatoms. The van der Waals surface area contributed by atoms with E-state index in [-0.39, 0.29) is 51.0 Å². The van der Waals surface area contributed by atoms with Crippen molar-refractivity contribution in [2.75, 3.05) is 0 Å². The SMILES string of the molecule is CC[Si]CC.Cc1ccc(C)c2[cH-]ccc12.Cc1ccc(C)c2[cH-]ccc12.[Cl-].[Cl-].[Zr+4]. The monoisotopic (exact) mass is 532 g/mol. The zero-order valence-corrected chi connectivity index (χ0v) is 23.9. The molecule has 0 aliphatic heterocycles. The Hall–Kier alpha value is -0.660. The molecule has 0 fully saturated rings. The second-order valence-corrected chi connectivity index (χ2v) is 8.98. The summed E-state index contributed by atoms with van der Waals surface area (Å²) < 4.78 is 0. The topological polar surface area (TPSA) is 0 Å². The normalized spacial score (nSPS) is 9.27. The van der Waals surface area contributed by atoms with Crippen LogP contribution in [0.25, 0.3) is 21.5 Å². The first-order valence-corrected chi connectivity index (χ1v) is 11.3. The number of rotatable bonds is 2. The summed E-state index contributed by atoms with van der Waals surface area (Å²) >= 11 is 0. The van der Waals surface area contributed by atoms with Gasteiger partial charge >= 0.3 is 26.2 Å². The number of halogens is 2. The molecule has 30 heavy (non-hydrogen) atoms. The Morgan fingerprint density at radius 1 is 0.600 bits per heavy atom. The van der Waals surface area contributed by atoms with E-state index in [0.717, 1.165) is 0 Å². The zero-order valence-electron chi connectivity index (χ0n) is 18.9. The Labute approximate surface area is 217 Å². The van der Waals surface area contributed by atoms with Crippen LogP contribution < -0.4 is 24.8 Å². The molecule has 0 unspecified atom stereocenters. The maximum absolute atomic E-state index is 2.22. The molecule has 0 bridgehead atoms. The molecule has 0 saturated carbocycles. The van der Waals surface area contributed by atoms with Gasteiger partial charge in [0.2, 0.25) is 0 Å². The van der Waals surface area contributed by atoms with Crippen molar-refractivity contribution < 1.29 is 51.0 Å². The predicted octanol–water partition coefficient (Wildman–Crippen LogP) is 1.92. The number of hydrogen-bond acceptors (Lipinski definition) is 0. The van der Waals surface area contributed by atoms with Gasteiger partial charge in [0.1, 0.15) is 0 Å². The van der Waals surface area contributed by atoms with E-state index in [1.165, 1.54) is 65.4 Å². The summed E-state index contributed by atoms with van der Waals surface area (Å²) in [6.45, 7) is 13.1. The van der Waals surface area contributed by atoms with Crippen molar-refractivity contribution in [3.05, 3.63) is 82.9 Å². The summed E-state index contributed by atoms with van der Waals surface area (Å²) in [4.78, 5) is 0. The van der Waals surface area contributed by atoms with Gasteiger partial charge in [-0.15, -0.1) is 56.9 Å². The second kappa shape index (κ2) is 16.0. The Bertz CT molecular complexity index is 833. The van der Waals surface area contributed by atoms with Crippen LogP contribution in [0.5, 0.6) is 0 Å². The van der Waals surface area contributed by atoms with E-state index in [1.807, 2.05) is 0 Å². The molecular formula is C26H32Cl2SiZr. The molecule has 0 amide bonds. The first-order chi connectivity index (χ1) is 13.0. The fourth-order valence-electron chi connectivity index (χ4n) is 3.32. The molecule has 0 heterocycles. The number of hydrogen-bond donors (Lipinski definition) is 0. The summed E-state index contributed by atoms with van der Waals surface area (Å²) in [5.74, 6) is 0. The number of benzene rings is 2. The molecule has 0 aliphatic carbocycles. The second-order valence-electron chi connectivity index (χ2n) is 7.06. The molecule has 158 valence electrons. The van der Waals surface area contributed by atoms with Gasteiger partial charge in [0.25, 0.3) is 0 Å². The van der Waals surface area contributed by atoms with E-state index >= 15 is 0 Å². The Morgan fingerprint density at radius 2 is 0.933 bits per heavy atom. The fraction of sp³-hybridized carbons (Fsp3) is 0.308. The Morgan fingerprint density at radius 3 is 1.20 bits per heavy atom. The van der Waals surface area contributed by atoms with Gasteiger partial charge in [-0.1, -0.05) is 63.0 Å². The van der Waals surface area contributed by atoms with Crippen LogP contribution in [0.15, 0.2) is 60.7 Å². The smallest absolute Gasteiger partial charge is 1.00 e. The molecule has 4 rings (SSSR count). The van der Waals surface area contributed by atoms with Crippen molar-refractivity contribution in [2.45, 2.75) is 53.6 Å². The van der Waals surface area contributed by atoms with E-state index in [2.05, 4.69) is 102 Å². The molecule has 0 atom stereocenters. The van der Waals surface area contributed by atoms with E-state index < -0.39 is 0 Å². The van der Waals surface area contributed by atoms with Gasteiger partial charge in [-0.2, -0.15) is 24.3 Å². The third-order valence-electron chi connectivity index (χ3n) is 5.00. The van der Waals surface area contributed by atoms with Crippen molar-refractivity contribution in [2.24, 2.45) is 0 Å². The van der Waals surface area contributed by atoms with E-state index in [1.54, 1.807) is 0 Å². The number of aryl methyl sites for hydroxylation is 4. The molecule has 0 saturated heterocycles. The summed E-state index contributed by atoms with van der Waals surface area (Å²) in [6, 6.07) is 24.4. The largest absolute Gasteiger partial charge is 4.00 e. The van der Waals surface area contributed by atoms with Crippen molar-refractivity contribution >= 4 is 31.1 Å². The van der Waals surface area contributed by atoms with Gasteiger partial charge in [-0.25, -0.2) is 0 Å². The maximum atomic E-state index is 2.22. The van der Waals surface area contributed by atoms with E-state index in [4.69, 9.17) is 0 Å². The third-order valence-corrected chi connectivity index (χ3v) is 6.00. The molecule has 2 radical (unpaired) electrons. The van der Waals surface area contributed by atoms with Crippen LogP contribution in [0.2, 0.25) is 12.1 Å². The molecule has 0 N–H and O–H groups in total. The molecule has 4 aromatic rings. The van der Waals surface area contributed by atoms with Crippen LogP contribution in [-0.2, 0) is 26.2 Å². The molecule has 0 aromatic heterocycles. The van der Waals surface area contributed by atoms with Gasteiger partial charge in [0.05, 0.1) is 0 Å². The first kappa shape index (κ1) is 31.5. The van der Waals surface area contributed by atoms with Crippen LogP contribution >= 0.6 is 0 Å². The fourth-order valence-corrected chi connectivity index (χ4v) is 3.82. The molecule has 0 nitrogen and oxygen atoms in total. The van der Waals surface area contributed by atoms with E-state index in [0.29, 0.717) is 0 Å². The predicted molar refractivity (Wildman–Crippen MR) is 125 cm³/mol. The quantitative estimate of drug-likeness (QED) is 0.272. The molecular weight excluding hydrogens is 503 g/mol. The minimum absolute atomic E-state index is 0. The zero-order chi connectivity index (χ0) is 19.8. The maximum Gasteiger partial charge on any atom is 4.00 e. The first-order valence-electron chi connectivity index (χ1n) is 9.93. The minimum Gasteiger partial charge on any atom is -1.00 e.